The molecule has 1 atom stereocenters. The highest BCUT2D eigenvalue weighted by Crippen LogP contribution is 2.29. The third kappa shape index (κ3) is 3.33. The van der Waals surface area contributed by atoms with Gasteiger partial charge in [0.2, 0.25) is 5.91 Å². The molecule has 1 unspecified atom stereocenters. The largest absolute Gasteiger partial charge is 0.497 e. The van der Waals surface area contributed by atoms with E-state index in [9.17, 15) is 14.7 Å². The number of rotatable bonds is 4. The molecule has 3 N–H and O–H groups in total. The quantitative estimate of drug-likeness (QED) is 0.786. The lowest BCUT2D eigenvalue weighted by Crippen LogP contribution is -2.46. The average Bonchev–Trinajstić information content (AvgIpc) is 2.47. The number of ether oxygens (including phenoxy) is 1. The number of carbonyl (C=O) groups excluding carboxylic acids is 1. The summed E-state index contributed by atoms with van der Waals surface area (Å²) in [4.78, 5) is 23.7. The fourth-order valence-corrected chi connectivity index (χ4v) is 2.46. The first-order valence-corrected chi connectivity index (χ1v) is 6.90. The SMILES string of the molecule is COc1ccc(C(=O)O)c(NC(=O)C2(C)CCCNC2)c1. The summed E-state index contributed by atoms with van der Waals surface area (Å²) in [5.74, 6) is -0.757. The number of amides is 1. The zero-order chi connectivity index (χ0) is 15.5. The minimum atomic E-state index is -1.08. The molecule has 1 saturated heterocycles. The Balaban J connectivity index is 2.25. The highest BCUT2D eigenvalue weighted by atomic mass is 16.5. The fraction of sp³-hybridized carbons (Fsp3) is 0.467. The van der Waals surface area contributed by atoms with Crippen LogP contribution in [0.3, 0.4) is 0 Å². The van der Waals surface area contributed by atoms with E-state index in [1.54, 1.807) is 6.07 Å². The van der Waals surface area contributed by atoms with Crippen LogP contribution in [0.5, 0.6) is 5.75 Å². The molecule has 1 aliphatic rings. The number of methoxy groups -OCH3 is 1. The molecule has 0 saturated carbocycles. The van der Waals surface area contributed by atoms with E-state index < -0.39 is 11.4 Å². The molecule has 6 heteroatoms. The normalized spacial score (nSPS) is 21.6. The first kappa shape index (κ1) is 15.3. The van der Waals surface area contributed by atoms with Crippen LogP contribution in [0.2, 0.25) is 0 Å². The second kappa shape index (κ2) is 6.13. The predicted molar refractivity (Wildman–Crippen MR) is 78.8 cm³/mol. The van der Waals surface area contributed by atoms with Crippen LogP contribution < -0.4 is 15.4 Å². The van der Waals surface area contributed by atoms with Gasteiger partial charge in [0.1, 0.15) is 5.75 Å². The Kier molecular flexibility index (Phi) is 4.47. The van der Waals surface area contributed by atoms with Gasteiger partial charge in [0, 0.05) is 12.6 Å². The summed E-state index contributed by atoms with van der Waals surface area (Å²) in [5, 5.41) is 15.1. The highest BCUT2D eigenvalue weighted by Gasteiger charge is 2.35. The van der Waals surface area contributed by atoms with E-state index in [4.69, 9.17) is 4.74 Å². The van der Waals surface area contributed by atoms with Gasteiger partial charge >= 0.3 is 5.97 Å². The van der Waals surface area contributed by atoms with Gasteiger partial charge < -0.3 is 20.5 Å². The summed E-state index contributed by atoms with van der Waals surface area (Å²) in [6.45, 7) is 3.38. The van der Waals surface area contributed by atoms with Crippen molar-refractivity contribution in [3.63, 3.8) is 0 Å². The van der Waals surface area contributed by atoms with Crippen molar-refractivity contribution in [3.8, 4) is 5.75 Å². The molecule has 6 nitrogen and oxygen atoms in total. The number of piperidine rings is 1. The topological polar surface area (TPSA) is 87.7 Å². The number of nitrogens with one attached hydrogen (secondary N) is 2. The molecule has 1 heterocycles. The minimum absolute atomic E-state index is 0.0523. The Morgan fingerprint density at radius 1 is 1.43 bits per heavy atom. The number of hydrogen-bond donors (Lipinski definition) is 3. The van der Waals surface area contributed by atoms with Crippen LogP contribution in [0.25, 0.3) is 0 Å². The molecule has 2 rings (SSSR count). The number of benzene rings is 1. The number of hydrogen-bond acceptors (Lipinski definition) is 4. The van der Waals surface area contributed by atoms with Crippen LogP contribution in [0.15, 0.2) is 18.2 Å². The van der Waals surface area contributed by atoms with Gasteiger partial charge in [-0.25, -0.2) is 4.79 Å². The molecule has 0 aliphatic carbocycles. The molecular formula is C15H20N2O4. The van der Waals surface area contributed by atoms with Crippen molar-refractivity contribution in [1.29, 1.82) is 0 Å². The van der Waals surface area contributed by atoms with Gasteiger partial charge in [-0.2, -0.15) is 0 Å². The summed E-state index contributed by atoms with van der Waals surface area (Å²) < 4.78 is 5.09. The summed E-state index contributed by atoms with van der Waals surface area (Å²) in [7, 11) is 1.49. The molecule has 0 bridgehead atoms. The van der Waals surface area contributed by atoms with Gasteiger partial charge in [0.15, 0.2) is 0 Å². The molecule has 1 aromatic carbocycles. The number of carboxylic acid groups (broad SMARTS) is 1. The van der Waals surface area contributed by atoms with E-state index in [1.807, 2.05) is 6.92 Å². The summed E-state index contributed by atoms with van der Waals surface area (Å²) >= 11 is 0. The van der Waals surface area contributed by atoms with Crippen LogP contribution in [0, 0.1) is 5.41 Å². The zero-order valence-electron chi connectivity index (χ0n) is 12.2. The van der Waals surface area contributed by atoms with Crippen molar-refractivity contribution in [1.82, 2.24) is 5.32 Å². The maximum atomic E-state index is 12.5. The summed E-state index contributed by atoms with van der Waals surface area (Å²) in [5.41, 5.74) is -0.216. The van der Waals surface area contributed by atoms with Crippen molar-refractivity contribution in [3.05, 3.63) is 23.8 Å². The molecule has 0 radical (unpaired) electrons. The van der Waals surface area contributed by atoms with Crippen LogP contribution in [-0.4, -0.2) is 37.2 Å². The van der Waals surface area contributed by atoms with E-state index in [-0.39, 0.29) is 17.2 Å². The van der Waals surface area contributed by atoms with Crippen LogP contribution >= 0.6 is 0 Å². The number of anilines is 1. The maximum absolute atomic E-state index is 12.5. The van der Waals surface area contributed by atoms with Crippen molar-refractivity contribution < 1.29 is 19.4 Å². The number of aromatic carboxylic acids is 1. The monoisotopic (exact) mass is 292 g/mol. The van der Waals surface area contributed by atoms with Crippen molar-refractivity contribution in [2.24, 2.45) is 5.41 Å². The minimum Gasteiger partial charge on any atom is -0.497 e. The Morgan fingerprint density at radius 3 is 2.76 bits per heavy atom. The van der Waals surface area contributed by atoms with E-state index in [0.29, 0.717) is 12.3 Å². The van der Waals surface area contributed by atoms with E-state index >= 15 is 0 Å². The average molecular weight is 292 g/mol. The molecule has 21 heavy (non-hydrogen) atoms. The second-order valence-electron chi connectivity index (χ2n) is 5.51. The predicted octanol–water partition coefficient (Wildman–Crippen LogP) is 1.72. The lowest BCUT2D eigenvalue weighted by molar-refractivity contribution is -0.125. The van der Waals surface area contributed by atoms with Gasteiger partial charge in [-0.15, -0.1) is 0 Å². The molecule has 1 fully saturated rings. The van der Waals surface area contributed by atoms with Gasteiger partial charge in [-0.1, -0.05) is 0 Å². The second-order valence-corrected chi connectivity index (χ2v) is 5.51. The third-order valence-corrected chi connectivity index (χ3v) is 3.85. The number of carbonyl (C=O) groups is 2. The van der Waals surface area contributed by atoms with Crippen molar-refractivity contribution in [2.45, 2.75) is 19.8 Å². The Morgan fingerprint density at radius 2 is 2.19 bits per heavy atom. The zero-order valence-corrected chi connectivity index (χ0v) is 12.2. The molecule has 1 aromatic rings. The standard InChI is InChI=1S/C15H20N2O4/c1-15(6-3-7-16-9-15)14(20)17-12-8-10(21-2)4-5-11(12)13(18)19/h4-5,8,16H,3,6-7,9H2,1-2H3,(H,17,20)(H,18,19). The van der Waals surface area contributed by atoms with E-state index in [1.165, 1.54) is 19.2 Å². The van der Waals surface area contributed by atoms with E-state index in [0.717, 1.165) is 19.4 Å². The van der Waals surface area contributed by atoms with Gasteiger partial charge in [0.05, 0.1) is 23.8 Å². The molecule has 1 aliphatic heterocycles. The molecule has 0 aromatic heterocycles. The Bertz CT molecular complexity index is 551. The first-order valence-electron chi connectivity index (χ1n) is 6.90. The molecular weight excluding hydrogens is 272 g/mol. The van der Waals surface area contributed by atoms with Gasteiger partial charge in [0.25, 0.3) is 0 Å². The maximum Gasteiger partial charge on any atom is 0.337 e. The number of carboxylic acids is 1. The lowest BCUT2D eigenvalue weighted by atomic mass is 9.82. The lowest BCUT2D eigenvalue weighted by Gasteiger charge is -2.32. The van der Waals surface area contributed by atoms with E-state index in [2.05, 4.69) is 10.6 Å². The molecule has 114 valence electrons. The van der Waals surface area contributed by atoms with Crippen LogP contribution in [0.1, 0.15) is 30.1 Å². The first-order chi connectivity index (χ1) is 9.96. The van der Waals surface area contributed by atoms with Crippen LogP contribution in [-0.2, 0) is 4.79 Å². The summed E-state index contributed by atoms with van der Waals surface area (Å²) in [6, 6.07) is 4.52. The third-order valence-electron chi connectivity index (χ3n) is 3.85. The fourth-order valence-electron chi connectivity index (χ4n) is 2.46. The Labute approximate surface area is 123 Å². The van der Waals surface area contributed by atoms with Crippen LogP contribution in [0.4, 0.5) is 5.69 Å². The summed E-state index contributed by atoms with van der Waals surface area (Å²) in [6.07, 6.45) is 1.70. The van der Waals surface area contributed by atoms with Crippen molar-refractivity contribution >= 4 is 17.6 Å². The molecule has 0 spiro atoms. The van der Waals surface area contributed by atoms with Gasteiger partial charge in [-0.05, 0) is 38.4 Å². The smallest absolute Gasteiger partial charge is 0.337 e. The van der Waals surface area contributed by atoms with Crippen molar-refractivity contribution in [2.75, 3.05) is 25.5 Å². The molecule has 1 amide bonds. The highest BCUT2D eigenvalue weighted by molar-refractivity contribution is 6.02. The van der Waals surface area contributed by atoms with Gasteiger partial charge in [-0.3, -0.25) is 4.79 Å². The Hall–Kier alpha value is -2.08.